The van der Waals surface area contributed by atoms with E-state index in [1.54, 1.807) is 42.6 Å². The van der Waals surface area contributed by atoms with Crippen LogP contribution in [0.1, 0.15) is 5.56 Å². The van der Waals surface area contributed by atoms with Gasteiger partial charge in [-0.3, -0.25) is 4.99 Å². The van der Waals surface area contributed by atoms with Gasteiger partial charge in [-0.1, -0.05) is 40.2 Å². The number of aromatic hydroxyl groups is 2. The Morgan fingerprint density at radius 1 is 0.867 bits per heavy atom. The van der Waals surface area contributed by atoms with Gasteiger partial charge >= 0.3 is 0 Å². The van der Waals surface area contributed by atoms with Crippen molar-refractivity contribution in [2.24, 2.45) is 4.99 Å². The Hall–Kier alpha value is -3.64. The van der Waals surface area contributed by atoms with Crippen molar-refractivity contribution >= 4 is 49.7 Å². The Labute approximate surface area is 180 Å². The largest absolute Gasteiger partial charge is 0.507 e. The molecule has 0 fully saturated rings. The van der Waals surface area contributed by atoms with Gasteiger partial charge in [0.05, 0.1) is 11.3 Å². The number of aliphatic imine (C=N–C) groups is 1. The number of halogens is 1. The summed E-state index contributed by atoms with van der Waals surface area (Å²) >= 11 is 3.39. The van der Waals surface area contributed by atoms with E-state index in [2.05, 4.69) is 25.9 Å². The van der Waals surface area contributed by atoms with E-state index in [1.165, 1.54) is 0 Å². The van der Waals surface area contributed by atoms with Crippen LogP contribution in [0.4, 0.5) is 5.69 Å². The van der Waals surface area contributed by atoms with Crippen LogP contribution in [0, 0.1) is 0 Å². The van der Waals surface area contributed by atoms with Gasteiger partial charge in [0, 0.05) is 16.3 Å². The minimum absolute atomic E-state index is 0.114. The summed E-state index contributed by atoms with van der Waals surface area (Å²) in [5.74, 6) is 0.612. The molecule has 2 N–H and O–H groups in total. The first-order valence-electron chi connectivity index (χ1n) is 9.22. The fraction of sp³-hybridized carbons (Fsp3) is 0. The fourth-order valence-electron chi connectivity index (χ4n) is 3.28. The second-order valence-corrected chi connectivity index (χ2v) is 7.76. The van der Waals surface area contributed by atoms with Gasteiger partial charge in [0.25, 0.3) is 0 Å². The number of rotatable bonds is 3. The lowest BCUT2D eigenvalue weighted by atomic mass is 10.1. The summed E-state index contributed by atoms with van der Waals surface area (Å²) < 4.78 is 6.72. The van der Waals surface area contributed by atoms with Gasteiger partial charge in [0.2, 0.25) is 5.89 Å². The van der Waals surface area contributed by atoms with Gasteiger partial charge in [-0.2, -0.15) is 0 Å². The second kappa shape index (κ2) is 7.31. The molecule has 5 aromatic rings. The van der Waals surface area contributed by atoms with Crippen molar-refractivity contribution in [1.82, 2.24) is 4.98 Å². The summed E-state index contributed by atoms with van der Waals surface area (Å²) in [6.45, 7) is 0. The Balaban J connectivity index is 1.52. The van der Waals surface area contributed by atoms with Crippen LogP contribution in [0.15, 0.2) is 86.7 Å². The highest BCUT2D eigenvalue weighted by Gasteiger charge is 2.14. The van der Waals surface area contributed by atoms with E-state index >= 15 is 0 Å². The van der Waals surface area contributed by atoms with Crippen LogP contribution in [-0.4, -0.2) is 21.4 Å². The number of phenolic OH excluding ortho intramolecular Hbond substituents is 2. The minimum atomic E-state index is 0.114. The maximum Gasteiger partial charge on any atom is 0.231 e. The highest BCUT2D eigenvalue weighted by Crippen LogP contribution is 2.35. The summed E-state index contributed by atoms with van der Waals surface area (Å²) in [7, 11) is 0. The van der Waals surface area contributed by atoms with E-state index < -0.39 is 0 Å². The lowest BCUT2D eigenvalue weighted by Crippen LogP contribution is -1.82. The van der Waals surface area contributed by atoms with Gasteiger partial charge < -0.3 is 14.6 Å². The number of phenols is 2. The molecule has 0 aliphatic rings. The summed E-state index contributed by atoms with van der Waals surface area (Å²) in [5, 5.41) is 22.3. The number of benzene rings is 4. The van der Waals surface area contributed by atoms with Gasteiger partial charge in [-0.05, 0) is 59.3 Å². The van der Waals surface area contributed by atoms with Crippen molar-refractivity contribution in [3.05, 3.63) is 82.8 Å². The van der Waals surface area contributed by atoms with E-state index in [0.29, 0.717) is 33.8 Å². The molecule has 146 valence electrons. The SMILES string of the molecule is Oc1ccc(Br)cc1C=Nc1ccc2oc(-c3cc4ccccc4cc3O)nc2c1. The molecule has 0 amide bonds. The summed E-state index contributed by atoms with van der Waals surface area (Å²) in [6, 6.07) is 21.9. The van der Waals surface area contributed by atoms with Crippen molar-refractivity contribution < 1.29 is 14.6 Å². The third-order valence-electron chi connectivity index (χ3n) is 4.81. The monoisotopic (exact) mass is 458 g/mol. The molecule has 0 radical (unpaired) electrons. The number of hydrogen-bond donors (Lipinski definition) is 2. The molecule has 0 atom stereocenters. The Morgan fingerprint density at radius 2 is 1.67 bits per heavy atom. The third kappa shape index (κ3) is 3.42. The lowest BCUT2D eigenvalue weighted by molar-refractivity contribution is 0.474. The van der Waals surface area contributed by atoms with Gasteiger partial charge in [0.15, 0.2) is 5.58 Å². The highest BCUT2D eigenvalue weighted by molar-refractivity contribution is 9.10. The van der Waals surface area contributed by atoms with Crippen LogP contribution in [0.25, 0.3) is 33.3 Å². The van der Waals surface area contributed by atoms with E-state index in [1.807, 2.05) is 36.4 Å². The van der Waals surface area contributed by atoms with Gasteiger partial charge in [-0.15, -0.1) is 0 Å². The van der Waals surface area contributed by atoms with Crippen molar-refractivity contribution in [3.63, 3.8) is 0 Å². The molecule has 0 aliphatic carbocycles. The number of aromatic nitrogens is 1. The van der Waals surface area contributed by atoms with Crippen LogP contribution < -0.4 is 0 Å². The maximum absolute atomic E-state index is 10.4. The van der Waals surface area contributed by atoms with Crippen LogP contribution in [0.5, 0.6) is 11.5 Å². The van der Waals surface area contributed by atoms with Gasteiger partial charge in [-0.25, -0.2) is 4.98 Å². The topological polar surface area (TPSA) is 78.9 Å². The lowest BCUT2D eigenvalue weighted by Gasteiger charge is -2.03. The average Bonchev–Trinajstić information content (AvgIpc) is 3.17. The molecule has 1 heterocycles. The van der Waals surface area contributed by atoms with E-state index in [-0.39, 0.29) is 11.5 Å². The normalized spacial score (nSPS) is 11.6. The minimum Gasteiger partial charge on any atom is -0.507 e. The number of oxazole rings is 1. The van der Waals surface area contributed by atoms with Crippen LogP contribution in [-0.2, 0) is 0 Å². The van der Waals surface area contributed by atoms with E-state index in [0.717, 1.165) is 15.2 Å². The molecule has 6 heteroatoms. The first-order chi connectivity index (χ1) is 14.6. The summed E-state index contributed by atoms with van der Waals surface area (Å²) in [4.78, 5) is 8.97. The van der Waals surface area contributed by atoms with Crippen molar-refractivity contribution in [2.45, 2.75) is 0 Å². The van der Waals surface area contributed by atoms with Crippen LogP contribution in [0.3, 0.4) is 0 Å². The zero-order chi connectivity index (χ0) is 20.7. The quantitative estimate of drug-likeness (QED) is 0.299. The molecule has 5 rings (SSSR count). The molecule has 0 spiro atoms. The number of hydrogen-bond acceptors (Lipinski definition) is 5. The molecule has 0 bridgehead atoms. The molecule has 0 saturated heterocycles. The molecule has 0 saturated carbocycles. The first-order valence-corrected chi connectivity index (χ1v) is 10.0. The zero-order valence-electron chi connectivity index (χ0n) is 15.6. The maximum atomic E-state index is 10.4. The zero-order valence-corrected chi connectivity index (χ0v) is 17.2. The molecule has 0 unspecified atom stereocenters. The van der Waals surface area contributed by atoms with Crippen LogP contribution in [0.2, 0.25) is 0 Å². The Kier molecular flexibility index (Phi) is 4.48. The fourth-order valence-corrected chi connectivity index (χ4v) is 3.66. The average molecular weight is 459 g/mol. The third-order valence-corrected chi connectivity index (χ3v) is 5.30. The Morgan fingerprint density at radius 3 is 2.50 bits per heavy atom. The van der Waals surface area contributed by atoms with E-state index in [9.17, 15) is 10.2 Å². The molecular weight excluding hydrogens is 444 g/mol. The van der Waals surface area contributed by atoms with Crippen molar-refractivity contribution in [2.75, 3.05) is 0 Å². The Bertz CT molecular complexity index is 1440. The molecule has 1 aromatic heterocycles. The smallest absolute Gasteiger partial charge is 0.231 e. The first kappa shape index (κ1) is 18.4. The second-order valence-electron chi connectivity index (χ2n) is 6.85. The van der Waals surface area contributed by atoms with Crippen molar-refractivity contribution in [1.29, 1.82) is 0 Å². The van der Waals surface area contributed by atoms with Crippen LogP contribution >= 0.6 is 15.9 Å². The number of fused-ring (bicyclic) bond motifs is 2. The predicted octanol–water partition coefficient (Wildman–Crippen LogP) is 6.57. The van der Waals surface area contributed by atoms with Crippen molar-refractivity contribution in [3.8, 4) is 23.0 Å². The van der Waals surface area contributed by atoms with Gasteiger partial charge in [0.1, 0.15) is 17.0 Å². The predicted molar refractivity (Wildman–Crippen MR) is 122 cm³/mol. The standard InChI is InChI=1S/C24H15BrN2O3/c25-17-5-7-21(28)16(9-17)13-26-18-6-8-23-20(12-18)27-24(30-23)19-10-14-3-1-2-4-15(14)11-22(19)29/h1-13,28-29H. The molecule has 5 nitrogen and oxygen atoms in total. The summed E-state index contributed by atoms with van der Waals surface area (Å²) in [5.41, 5.74) is 3.04. The molecular formula is C24H15BrN2O3. The number of nitrogens with zero attached hydrogens (tertiary/aromatic N) is 2. The molecule has 30 heavy (non-hydrogen) atoms. The summed E-state index contributed by atoms with van der Waals surface area (Å²) in [6.07, 6.45) is 1.59. The van der Waals surface area contributed by atoms with E-state index in [4.69, 9.17) is 4.42 Å². The molecule has 4 aromatic carbocycles. The highest BCUT2D eigenvalue weighted by atomic mass is 79.9. The molecule has 0 aliphatic heterocycles.